The largest absolute Gasteiger partial charge is 0.497 e. The number of ether oxygens (including phenoxy) is 1. The second-order valence-corrected chi connectivity index (χ2v) is 9.71. The SMILES string of the molecule is COc1ccc(-n2c(SCC(=O)NN=Cc3ccco3)nnc2-c2ccc(C(C)(C)C)cc2)cc1. The van der Waals surface area contributed by atoms with Gasteiger partial charge in [0.25, 0.3) is 5.91 Å². The molecule has 2 heterocycles. The van der Waals surface area contributed by atoms with Gasteiger partial charge in [-0.1, -0.05) is 56.8 Å². The summed E-state index contributed by atoms with van der Waals surface area (Å²) in [6.45, 7) is 6.54. The van der Waals surface area contributed by atoms with Crippen LogP contribution in [0.2, 0.25) is 0 Å². The van der Waals surface area contributed by atoms with Gasteiger partial charge in [0.1, 0.15) is 11.5 Å². The first kappa shape index (κ1) is 24.3. The maximum absolute atomic E-state index is 12.3. The van der Waals surface area contributed by atoms with E-state index < -0.39 is 0 Å². The smallest absolute Gasteiger partial charge is 0.250 e. The Balaban J connectivity index is 1.58. The zero-order valence-electron chi connectivity index (χ0n) is 20.1. The lowest BCUT2D eigenvalue weighted by atomic mass is 9.87. The highest BCUT2D eigenvalue weighted by Gasteiger charge is 2.19. The number of nitrogens with one attached hydrogen (secondary N) is 1. The Labute approximate surface area is 208 Å². The summed E-state index contributed by atoms with van der Waals surface area (Å²) in [7, 11) is 1.63. The minimum absolute atomic E-state index is 0.0516. The molecule has 0 atom stereocenters. The highest BCUT2D eigenvalue weighted by atomic mass is 32.2. The molecule has 0 unspecified atom stereocenters. The van der Waals surface area contributed by atoms with Gasteiger partial charge in [-0.25, -0.2) is 5.43 Å². The number of carbonyl (C=O) groups is 1. The van der Waals surface area contributed by atoms with Crippen LogP contribution in [0.15, 0.2) is 81.6 Å². The Morgan fingerprint density at radius 1 is 1.11 bits per heavy atom. The van der Waals surface area contributed by atoms with Gasteiger partial charge in [0, 0.05) is 11.3 Å². The average molecular weight is 490 g/mol. The van der Waals surface area contributed by atoms with E-state index in [0.717, 1.165) is 17.0 Å². The topological polar surface area (TPSA) is 94.5 Å². The van der Waals surface area contributed by atoms with Crippen molar-refractivity contribution in [1.82, 2.24) is 20.2 Å². The molecule has 1 N–H and O–H groups in total. The molecule has 0 spiro atoms. The van der Waals surface area contributed by atoms with Crippen molar-refractivity contribution in [2.75, 3.05) is 12.9 Å². The molecule has 9 heteroatoms. The van der Waals surface area contributed by atoms with Crippen molar-refractivity contribution in [1.29, 1.82) is 0 Å². The van der Waals surface area contributed by atoms with Gasteiger partial charge in [0.2, 0.25) is 0 Å². The molecule has 35 heavy (non-hydrogen) atoms. The molecular weight excluding hydrogens is 462 g/mol. The number of furan rings is 1. The van der Waals surface area contributed by atoms with E-state index in [1.165, 1.54) is 23.5 Å². The third-order valence-corrected chi connectivity index (χ3v) is 6.16. The summed E-state index contributed by atoms with van der Waals surface area (Å²) < 4.78 is 12.4. The lowest BCUT2D eigenvalue weighted by molar-refractivity contribution is -0.118. The third-order valence-electron chi connectivity index (χ3n) is 5.23. The van der Waals surface area contributed by atoms with Crippen LogP contribution in [0.1, 0.15) is 32.1 Å². The zero-order valence-corrected chi connectivity index (χ0v) is 20.9. The van der Waals surface area contributed by atoms with Crippen molar-refractivity contribution >= 4 is 23.9 Å². The summed E-state index contributed by atoms with van der Waals surface area (Å²) in [6.07, 6.45) is 2.99. The molecular formula is C26H27N5O3S. The van der Waals surface area contributed by atoms with Gasteiger partial charge in [-0.05, 0) is 47.4 Å². The summed E-state index contributed by atoms with van der Waals surface area (Å²) in [4.78, 5) is 12.3. The lowest BCUT2D eigenvalue weighted by Gasteiger charge is -2.19. The van der Waals surface area contributed by atoms with Crippen molar-refractivity contribution < 1.29 is 13.9 Å². The highest BCUT2D eigenvalue weighted by Crippen LogP contribution is 2.30. The van der Waals surface area contributed by atoms with E-state index >= 15 is 0 Å². The van der Waals surface area contributed by atoms with E-state index in [9.17, 15) is 4.79 Å². The van der Waals surface area contributed by atoms with Crippen molar-refractivity contribution in [2.24, 2.45) is 5.10 Å². The van der Waals surface area contributed by atoms with E-state index in [1.54, 1.807) is 25.5 Å². The van der Waals surface area contributed by atoms with Crippen LogP contribution in [0.5, 0.6) is 5.75 Å². The number of hydrazone groups is 1. The lowest BCUT2D eigenvalue weighted by Crippen LogP contribution is -2.19. The molecule has 0 radical (unpaired) electrons. The minimum Gasteiger partial charge on any atom is -0.497 e. The molecule has 1 amide bonds. The fourth-order valence-electron chi connectivity index (χ4n) is 3.33. The normalized spacial score (nSPS) is 11.7. The number of hydrogen-bond acceptors (Lipinski definition) is 7. The Kier molecular flexibility index (Phi) is 7.36. The molecule has 2 aromatic carbocycles. The Bertz CT molecular complexity index is 1290. The molecule has 180 valence electrons. The summed E-state index contributed by atoms with van der Waals surface area (Å²) in [5.74, 6) is 1.85. The summed E-state index contributed by atoms with van der Waals surface area (Å²) in [5.41, 5.74) is 5.58. The number of nitrogens with zero attached hydrogens (tertiary/aromatic N) is 4. The van der Waals surface area contributed by atoms with Crippen molar-refractivity contribution in [3.8, 4) is 22.8 Å². The molecule has 8 nitrogen and oxygen atoms in total. The standard InChI is InChI=1S/C26H27N5O3S/c1-26(2,3)19-9-7-18(8-10-19)24-29-30-25(31(24)20-11-13-21(33-4)14-12-20)35-17-23(32)28-27-16-22-6-5-15-34-22/h5-16H,17H2,1-4H3,(H,28,32). The molecule has 0 saturated carbocycles. The fourth-order valence-corrected chi connectivity index (χ4v) is 4.07. The first-order valence-electron chi connectivity index (χ1n) is 11.0. The second kappa shape index (κ2) is 10.6. The van der Waals surface area contributed by atoms with E-state index in [0.29, 0.717) is 16.7 Å². The number of benzene rings is 2. The van der Waals surface area contributed by atoms with Crippen LogP contribution < -0.4 is 10.2 Å². The van der Waals surface area contributed by atoms with Crippen LogP contribution >= 0.6 is 11.8 Å². The van der Waals surface area contributed by atoms with Gasteiger partial charge >= 0.3 is 0 Å². The number of rotatable bonds is 8. The van der Waals surface area contributed by atoms with Gasteiger partial charge in [-0.15, -0.1) is 10.2 Å². The van der Waals surface area contributed by atoms with Gasteiger partial charge in [-0.3, -0.25) is 9.36 Å². The molecule has 0 aliphatic heterocycles. The van der Waals surface area contributed by atoms with E-state index in [-0.39, 0.29) is 17.1 Å². The Morgan fingerprint density at radius 3 is 2.49 bits per heavy atom. The highest BCUT2D eigenvalue weighted by molar-refractivity contribution is 7.99. The van der Waals surface area contributed by atoms with Crippen molar-refractivity contribution in [3.63, 3.8) is 0 Å². The van der Waals surface area contributed by atoms with E-state index in [1.807, 2.05) is 28.8 Å². The van der Waals surface area contributed by atoms with Crippen LogP contribution in [0, 0.1) is 0 Å². The van der Waals surface area contributed by atoms with Crippen LogP contribution in [-0.2, 0) is 10.2 Å². The molecule has 0 fully saturated rings. The van der Waals surface area contributed by atoms with Gasteiger partial charge in [0.15, 0.2) is 11.0 Å². The van der Waals surface area contributed by atoms with Crippen LogP contribution in [0.3, 0.4) is 0 Å². The third kappa shape index (κ3) is 5.99. The van der Waals surface area contributed by atoms with E-state index in [2.05, 4.69) is 65.8 Å². The van der Waals surface area contributed by atoms with Gasteiger partial charge in [-0.2, -0.15) is 5.10 Å². The predicted octanol–water partition coefficient (Wildman–Crippen LogP) is 5.08. The van der Waals surface area contributed by atoms with Crippen molar-refractivity contribution in [3.05, 3.63) is 78.3 Å². The molecule has 2 aromatic heterocycles. The summed E-state index contributed by atoms with van der Waals surface area (Å²) in [6, 6.07) is 19.5. The minimum atomic E-state index is -0.266. The monoisotopic (exact) mass is 489 g/mol. The first-order valence-corrected chi connectivity index (χ1v) is 12.0. The zero-order chi connectivity index (χ0) is 24.8. The predicted molar refractivity (Wildman–Crippen MR) is 137 cm³/mol. The average Bonchev–Trinajstić information content (AvgIpc) is 3.52. The molecule has 4 rings (SSSR count). The van der Waals surface area contributed by atoms with Crippen molar-refractivity contribution in [2.45, 2.75) is 31.3 Å². The van der Waals surface area contributed by atoms with Gasteiger partial charge < -0.3 is 9.15 Å². The Morgan fingerprint density at radius 2 is 1.86 bits per heavy atom. The Hall–Kier alpha value is -3.85. The number of carbonyl (C=O) groups excluding carboxylic acids is 1. The number of aromatic nitrogens is 3. The molecule has 4 aromatic rings. The molecule has 0 aliphatic carbocycles. The second-order valence-electron chi connectivity index (χ2n) is 8.76. The maximum Gasteiger partial charge on any atom is 0.250 e. The summed E-state index contributed by atoms with van der Waals surface area (Å²) >= 11 is 1.28. The number of methoxy groups -OCH3 is 1. The molecule has 0 bridgehead atoms. The van der Waals surface area contributed by atoms with E-state index in [4.69, 9.17) is 9.15 Å². The van der Waals surface area contributed by atoms with Gasteiger partial charge in [0.05, 0.1) is 25.3 Å². The quantitative estimate of drug-likeness (QED) is 0.211. The number of hydrogen-bond donors (Lipinski definition) is 1. The molecule has 0 aliphatic rings. The molecule has 0 saturated heterocycles. The number of thioether (sulfide) groups is 1. The fraction of sp³-hybridized carbons (Fsp3) is 0.231. The summed E-state index contributed by atoms with van der Waals surface area (Å²) in [5, 5.41) is 13.4. The number of amides is 1. The van der Waals surface area contributed by atoms with Crippen LogP contribution in [0.25, 0.3) is 17.1 Å². The van der Waals surface area contributed by atoms with Crippen LogP contribution in [-0.4, -0.2) is 39.7 Å². The maximum atomic E-state index is 12.3. The first-order chi connectivity index (χ1) is 16.8. The van der Waals surface area contributed by atoms with Crippen LogP contribution in [0.4, 0.5) is 0 Å².